The Bertz CT molecular complexity index is 359. The molecule has 1 rings (SSSR count). The van der Waals surface area contributed by atoms with Crippen LogP contribution < -0.4 is 5.32 Å². The third-order valence-corrected chi connectivity index (χ3v) is 3.27. The summed E-state index contributed by atoms with van der Waals surface area (Å²) in [5.74, 6) is 1.90. The second-order valence-corrected chi connectivity index (χ2v) is 5.17. The van der Waals surface area contributed by atoms with E-state index in [0.29, 0.717) is 30.8 Å². The van der Waals surface area contributed by atoms with Crippen LogP contribution in [0, 0.1) is 5.92 Å². The lowest BCUT2D eigenvalue weighted by Crippen LogP contribution is -2.30. The SMILES string of the molecule is CCOC(CC)(CC)c1noc(CNCC(C)C)n1. The Kier molecular flexibility index (Phi) is 6.45. The number of rotatable bonds is 9. The number of hydrogen-bond acceptors (Lipinski definition) is 5. The van der Waals surface area contributed by atoms with Crippen molar-refractivity contribution in [2.45, 2.75) is 59.6 Å². The van der Waals surface area contributed by atoms with Crippen LogP contribution in [-0.2, 0) is 16.9 Å². The van der Waals surface area contributed by atoms with Crippen LogP contribution in [0.1, 0.15) is 59.2 Å². The van der Waals surface area contributed by atoms with E-state index in [-0.39, 0.29) is 0 Å². The molecule has 0 aliphatic rings. The van der Waals surface area contributed by atoms with Gasteiger partial charge in [0.2, 0.25) is 11.7 Å². The van der Waals surface area contributed by atoms with Gasteiger partial charge in [0, 0.05) is 6.61 Å². The third kappa shape index (κ3) is 4.28. The number of hydrogen-bond donors (Lipinski definition) is 1. The molecule has 0 amide bonds. The van der Waals surface area contributed by atoms with E-state index >= 15 is 0 Å². The molecule has 110 valence electrons. The molecule has 1 heterocycles. The molecule has 0 aliphatic heterocycles. The molecule has 0 radical (unpaired) electrons. The molecule has 0 unspecified atom stereocenters. The van der Waals surface area contributed by atoms with Crippen molar-refractivity contribution in [3.8, 4) is 0 Å². The maximum Gasteiger partial charge on any atom is 0.240 e. The van der Waals surface area contributed by atoms with Crippen LogP contribution in [0.3, 0.4) is 0 Å². The highest BCUT2D eigenvalue weighted by molar-refractivity contribution is 5.01. The number of ether oxygens (including phenoxy) is 1. The Balaban J connectivity index is 2.70. The highest BCUT2D eigenvalue weighted by Gasteiger charge is 2.34. The molecule has 0 atom stereocenters. The zero-order chi connectivity index (χ0) is 14.3. The van der Waals surface area contributed by atoms with Gasteiger partial charge in [0.05, 0.1) is 6.54 Å². The Morgan fingerprint density at radius 1 is 1.26 bits per heavy atom. The highest BCUT2D eigenvalue weighted by atomic mass is 16.5. The molecule has 1 N–H and O–H groups in total. The quantitative estimate of drug-likeness (QED) is 0.747. The van der Waals surface area contributed by atoms with Gasteiger partial charge in [0.1, 0.15) is 5.60 Å². The maximum absolute atomic E-state index is 5.86. The lowest BCUT2D eigenvalue weighted by Gasteiger charge is -2.27. The van der Waals surface area contributed by atoms with Crippen molar-refractivity contribution in [1.82, 2.24) is 15.5 Å². The van der Waals surface area contributed by atoms with Crippen LogP contribution in [0.25, 0.3) is 0 Å². The van der Waals surface area contributed by atoms with Crippen molar-refractivity contribution in [1.29, 1.82) is 0 Å². The molecule has 5 heteroatoms. The summed E-state index contributed by atoms with van der Waals surface area (Å²) in [6, 6.07) is 0. The van der Waals surface area contributed by atoms with Gasteiger partial charge in [0.25, 0.3) is 0 Å². The van der Waals surface area contributed by atoms with Crippen LogP contribution in [-0.4, -0.2) is 23.3 Å². The minimum absolute atomic E-state index is 0.408. The van der Waals surface area contributed by atoms with Gasteiger partial charge in [-0.3, -0.25) is 0 Å². The lowest BCUT2D eigenvalue weighted by atomic mass is 9.96. The number of nitrogens with one attached hydrogen (secondary N) is 1. The predicted molar refractivity (Wildman–Crippen MR) is 74.7 cm³/mol. The first-order valence-electron chi connectivity index (χ1n) is 7.25. The molecule has 5 nitrogen and oxygen atoms in total. The van der Waals surface area contributed by atoms with Gasteiger partial charge in [-0.2, -0.15) is 4.98 Å². The van der Waals surface area contributed by atoms with Crippen molar-refractivity contribution in [2.75, 3.05) is 13.2 Å². The lowest BCUT2D eigenvalue weighted by molar-refractivity contribution is -0.0583. The summed E-state index contributed by atoms with van der Waals surface area (Å²) in [5.41, 5.74) is -0.408. The van der Waals surface area contributed by atoms with Gasteiger partial charge in [-0.05, 0) is 32.2 Å². The summed E-state index contributed by atoms with van der Waals surface area (Å²) in [7, 11) is 0. The minimum atomic E-state index is -0.408. The molecule has 0 aliphatic carbocycles. The maximum atomic E-state index is 5.86. The zero-order valence-corrected chi connectivity index (χ0v) is 12.8. The van der Waals surface area contributed by atoms with E-state index in [4.69, 9.17) is 9.26 Å². The largest absolute Gasteiger partial charge is 0.367 e. The van der Waals surface area contributed by atoms with Gasteiger partial charge < -0.3 is 14.6 Å². The first-order chi connectivity index (χ1) is 9.07. The normalized spacial score (nSPS) is 12.3. The Hall–Kier alpha value is -0.940. The fraction of sp³-hybridized carbons (Fsp3) is 0.857. The summed E-state index contributed by atoms with van der Waals surface area (Å²) in [6.07, 6.45) is 1.69. The van der Waals surface area contributed by atoms with E-state index in [1.165, 1.54) is 0 Å². The van der Waals surface area contributed by atoms with Gasteiger partial charge in [0.15, 0.2) is 0 Å². The molecular weight excluding hydrogens is 242 g/mol. The molecule has 0 fully saturated rings. The first-order valence-corrected chi connectivity index (χ1v) is 7.25. The van der Waals surface area contributed by atoms with E-state index in [2.05, 4.69) is 43.2 Å². The van der Waals surface area contributed by atoms with E-state index in [9.17, 15) is 0 Å². The summed E-state index contributed by atoms with van der Waals surface area (Å²) >= 11 is 0. The number of aromatic nitrogens is 2. The fourth-order valence-corrected chi connectivity index (χ4v) is 2.09. The molecule has 0 spiro atoms. The molecule has 0 saturated heterocycles. The monoisotopic (exact) mass is 269 g/mol. The van der Waals surface area contributed by atoms with Gasteiger partial charge in [-0.15, -0.1) is 0 Å². The van der Waals surface area contributed by atoms with Crippen molar-refractivity contribution >= 4 is 0 Å². The molecule has 1 aromatic rings. The van der Waals surface area contributed by atoms with Crippen molar-refractivity contribution in [3.05, 3.63) is 11.7 Å². The molecule has 0 bridgehead atoms. The Morgan fingerprint density at radius 3 is 2.47 bits per heavy atom. The van der Waals surface area contributed by atoms with Crippen molar-refractivity contribution in [2.24, 2.45) is 5.92 Å². The minimum Gasteiger partial charge on any atom is -0.367 e. The van der Waals surface area contributed by atoms with E-state index in [0.717, 1.165) is 19.4 Å². The van der Waals surface area contributed by atoms with E-state index < -0.39 is 5.60 Å². The summed E-state index contributed by atoms with van der Waals surface area (Å²) < 4.78 is 11.2. The van der Waals surface area contributed by atoms with E-state index in [1.807, 2.05) is 6.92 Å². The van der Waals surface area contributed by atoms with Crippen LogP contribution >= 0.6 is 0 Å². The van der Waals surface area contributed by atoms with E-state index in [1.54, 1.807) is 0 Å². The zero-order valence-electron chi connectivity index (χ0n) is 12.8. The van der Waals surface area contributed by atoms with Crippen molar-refractivity contribution in [3.63, 3.8) is 0 Å². The van der Waals surface area contributed by atoms with Crippen LogP contribution in [0.5, 0.6) is 0 Å². The second-order valence-electron chi connectivity index (χ2n) is 5.17. The average molecular weight is 269 g/mol. The summed E-state index contributed by atoms with van der Waals surface area (Å²) in [5, 5.41) is 7.39. The van der Waals surface area contributed by atoms with Crippen LogP contribution in [0.4, 0.5) is 0 Å². The first kappa shape index (κ1) is 16.1. The Labute approximate surface area is 116 Å². The van der Waals surface area contributed by atoms with Crippen LogP contribution in [0.15, 0.2) is 4.52 Å². The number of nitrogens with zero attached hydrogens (tertiary/aromatic N) is 2. The third-order valence-electron chi connectivity index (χ3n) is 3.27. The fourth-order valence-electron chi connectivity index (χ4n) is 2.09. The molecular formula is C14H27N3O2. The average Bonchev–Trinajstić information content (AvgIpc) is 2.85. The summed E-state index contributed by atoms with van der Waals surface area (Å²) in [6.45, 7) is 12.7. The summed E-state index contributed by atoms with van der Waals surface area (Å²) in [4.78, 5) is 4.47. The Morgan fingerprint density at radius 2 is 1.95 bits per heavy atom. The molecule has 0 aromatic carbocycles. The smallest absolute Gasteiger partial charge is 0.240 e. The molecule has 19 heavy (non-hydrogen) atoms. The highest BCUT2D eigenvalue weighted by Crippen LogP contribution is 2.30. The van der Waals surface area contributed by atoms with Crippen LogP contribution in [0.2, 0.25) is 0 Å². The van der Waals surface area contributed by atoms with Crippen molar-refractivity contribution < 1.29 is 9.26 Å². The standard InChI is InChI=1S/C14H27N3O2/c1-6-14(7-2,18-8-3)13-16-12(19-17-13)10-15-9-11(4)5/h11,15H,6-10H2,1-5H3. The predicted octanol–water partition coefficient (Wildman–Crippen LogP) is 2.87. The topological polar surface area (TPSA) is 60.2 Å². The van der Waals surface area contributed by atoms with Gasteiger partial charge in [-0.25, -0.2) is 0 Å². The van der Waals surface area contributed by atoms with Gasteiger partial charge in [-0.1, -0.05) is 32.9 Å². The molecule has 1 aromatic heterocycles. The molecule has 0 saturated carbocycles. The van der Waals surface area contributed by atoms with Gasteiger partial charge >= 0.3 is 0 Å². The second kappa shape index (κ2) is 7.60.